The van der Waals surface area contributed by atoms with Crippen LogP contribution in [-0.2, 0) is 6.54 Å². The zero-order valence-electron chi connectivity index (χ0n) is 13.1. The smallest absolute Gasteiger partial charge is 0.0834 e. The lowest BCUT2D eigenvalue weighted by Crippen LogP contribution is -2.35. The van der Waals surface area contributed by atoms with Crippen molar-refractivity contribution in [2.24, 2.45) is 5.41 Å². The summed E-state index contributed by atoms with van der Waals surface area (Å²) in [5.74, 6) is 0. The SMILES string of the molecule is CNC(c1c(Cl)cnn1CCN(C)C)C1(C)CCCC1. The monoisotopic (exact) mass is 298 g/mol. The van der Waals surface area contributed by atoms with Crippen molar-refractivity contribution in [3.05, 3.63) is 16.9 Å². The summed E-state index contributed by atoms with van der Waals surface area (Å²) in [7, 11) is 6.20. The molecular weight excluding hydrogens is 272 g/mol. The van der Waals surface area contributed by atoms with Crippen LogP contribution >= 0.6 is 11.6 Å². The van der Waals surface area contributed by atoms with Gasteiger partial charge in [-0.3, -0.25) is 4.68 Å². The largest absolute Gasteiger partial charge is 0.311 e. The van der Waals surface area contributed by atoms with E-state index < -0.39 is 0 Å². The first kappa shape index (κ1) is 15.8. The topological polar surface area (TPSA) is 33.1 Å². The van der Waals surface area contributed by atoms with E-state index >= 15 is 0 Å². The summed E-state index contributed by atoms with van der Waals surface area (Å²) in [6.45, 7) is 4.22. The number of rotatable bonds is 6. The number of nitrogens with one attached hydrogen (secondary N) is 1. The molecular formula is C15H27ClN4. The number of nitrogens with zero attached hydrogens (tertiary/aromatic N) is 3. The van der Waals surface area contributed by atoms with Crippen molar-refractivity contribution in [3.63, 3.8) is 0 Å². The third kappa shape index (κ3) is 3.18. The van der Waals surface area contributed by atoms with Gasteiger partial charge in [-0.2, -0.15) is 5.10 Å². The van der Waals surface area contributed by atoms with Gasteiger partial charge in [0.15, 0.2) is 0 Å². The summed E-state index contributed by atoms with van der Waals surface area (Å²) in [6.07, 6.45) is 6.94. The molecule has 4 nitrogen and oxygen atoms in total. The van der Waals surface area contributed by atoms with E-state index in [1.807, 2.05) is 7.05 Å². The minimum absolute atomic E-state index is 0.280. The molecule has 20 heavy (non-hydrogen) atoms. The average Bonchev–Trinajstić information content (AvgIpc) is 2.97. The number of hydrogen-bond acceptors (Lipinski definition) is 3. The molecule has 0 spiro atoms. The minimum Gasteiger partial charge on any atom is -0.311 e. The minimum atomic E-state index is 0.280. The van der Waals surface area contributed by atoms with Crippen LogP contribution in [0.15, 0.2) is 6.20 Å². The van der Waals surface area contributed by atoms with E-state index in [1.54, 1.807) is 6.20 Å². The van der Waals surface area contributed by atoms with Crippen LogP contribution in [0, 0.1) is 5.41 Å². The van der Waals surface area contributed by atoms with Crippen molar-refractivity contribution in [1.29, 1.82) is 0 Å². The molecule has 1 N–H and O–H groups in total. The summed E-state index contributed by atoms with van der Waals surface area (Å²) in [4.78, 5) is 2.17. The first-order valence-electron chi connectivity index (χ1n) is 7.51. The lowest BCUT2D eigenvalue weighted by molar-refractivity contribution is 0.220. The molecule has 1 saturated carbocycles. The first-order chi connectivity index (χ1) is 9.48. The van der Waals surface area contributed by atoms with Gasteiger partial charge in [-0.25, -0.2) is 0 Å². The maximum atomic E-state index is 6.44. The second kappa shape index (κ2) is 6.46. The molecule has 2 rings (SSSR count). The van der Waals surface area contributed by atoms with Gasteiger partial charge in [0.05, 0.1) is 29.5 Å². The molecule has 1 atom stereocenters. The highest BCUT2D eigenvalue weighted by atomic mass is 35.5. The highest BCUT2D eigenvalue weighted by Gasteiger charge is 2.39. The van der Waals surface area contributed by atoms with Crippen molar-refractivity contribution in [3.8, 4) is 0 Å². The summed E-state index contributed by atoms with van der Waals surface area (Å²) in [5, 5.41) is 8.76. The normalized spacial score (nSPS) is 19.7. The summed E-state index contributed by atoms with van der Waals surface area (Å²) >= 11 is 6.44. The van der Waals surface area contributed by atoms with Crippen molar-refractivity contribution in [2.75, 3.05) is 27.7 Å². The number of likely N-dealkylation sites (N-methyl/N-ethyl adjacent to an activating group) is 1. The van der Waals surface area contributed by atoms with Gasteiger partial charge in [0, 0.05) is 6.54 Å². The molecule has 1 aliphatic rings. The Balaban J connectivity index is 2.26. The van der Waals surface area contributed by atoms with Gasteiger partial charge in [-0.1, -0.05) is 31.4 Å². The third-order valence-electron chi connectivity index (χ3n) is 4.60. The highest BCUT2D eigenvalue weighted by molar-refractivity contribution is 6.31. The zero-order chi connectivity index (χ0) is 14.8. The quantitative estimate of drug-likeness (QED) is 0.876. The molecule has 1 unspecified atom stereocenters. The molecule has 1 aromatic heterocycles. The van der Waals surface area contributed by atoms with Gasteiger partial charge in [0.2, 0.25) is 0 Å². The van der Waals surface area contributed by atoms with Gasteiger partial charge in [0.1, 0.15) is 0 Å². The molecule has 0 radical (unpaired) electrons. The number of halogens is 1. The lowest BCUT2D eigenvalue weighted by atomic mass is 9.79. The molecule has 1 heterocycles. The van der Waals surface area contributed by atoms with Gasteiger partial charge < -0.3 is 10.2 Å². The Labute approximate surface area is 127 Å². The third-order valence-corrected chi connectivity index (χ3v) is 4.89. The maximum absolute atomic E-state index is 6.44. The Morgan fingerprint density at radius 1 is 1.45 bits per heavy atom. The molecule has 114 valence electrons. The van der Waals surface area contributed by atoms with Crippen molar-refractivity contribution in [2.45, 2.75) is 45.2 Å². The van der Waals surface area contributed by atoms with Crippen LogP contribution in [-0.4, -0.2) is 42.4 Å². The van der Waals surface area contributed by atoms with Gasteiger partial charge >= 0.3 is 0 Å². The molecule has 1 aromatic rings. The van der Waals surface area contributed by atoms with E-state index in [0.29, 0.717) is 0 Å². The predicted molar refractivity (Wildman–Crippen MR) is 84.2 cm³/mol. The Morgan fingerprint density at radius 2 is 2.10 bits per heavy atom. The first-order valence-corrected chi connectivity index (χ1v) is 7.89. The van der Waals surface area contributed by atoms with E-state index in [1.165, 1.54) is 25.7 Å². The second-order valence-corrected chi connectivity index (χ2v) is 6.89. The molecule has 0 bridgehead atoms. The van der Waals surface area contributed by atoms with Gasteiger partial charge in [-0.05, 0) is 39.4 Å². The summed E-state index contributed by atoms with van der Waals surface area (Å²) in [5.41, 5.74) is 1.44. The summed E-state index contributed by atoms with van der Waals surface area (Å²) < 4.78 is 2.08. The fourth-order valence-corrected chi connectivity index (χ4v) is 3.67. The standard InChI is InChI=1S/C15H27ClN4/c1-15(7-5-6-8-15)14(17-2)13-12(16)11-18-20(13)10-9-19(3)4/h11,14,17H,5-10H2,1-4H3. The number of aromatic nitrogens is 2. The Bertz CT molecular complexity index is 435. The van der Waals surface area contributed by atoms with Crippen LogP contribution in [0.5, 0.6) is 0 Å². The van der Waals surface area contributed by atoms with E-state index in [2.05, 4.69) is 41.0 Å². The molecule has 0 saturated heterocycles. The molecule has 0 aliphatic heterocycles. The van der Waals surface area contributed by atoms with Crippen LogP contribution in [0.1, 0.15) is 44.3 Å². The van der Waals surface area contributed by atoms with Crippen LogP contribution in [0.4, 0.5) is 0 Å². The molecule has 5 heteroatoms. The molecule has 0 amide bonds. The molecule has 1 fully saturated rings. The average molecular weight is 299 g/mol. The second-order valence-electron chi connectivity index (χ2n) is 6.49. The van der Waals surface area contributed by atoms with Crippen LogP contribution in [0.25, 0.3) is 0 Å². The van der Waals surface area contributed by atoms with Crippen molar-refractivity contribution < 1.29 is 0 Å². The fraction of sp³-hybridized carbons (Fsp3) is 0.800. The Hall–Kier alpha value is -0.580. The van der Waals surface area contributed by atoms with Crippen LogP contribution in [0.2, 0.25) is 5.02 Å². The Kier molecular flexibility index (Phi) is 5.10. The lowest BCUT2D eigenvalue weighted by Gasteiger charge is -2.34. The zero-order valence-corrected chi connectivity index (χ0v) is 13.9. The van der Waals surface area contributed by atoms with E-state index in [4.69, 9.17) is 11.6 Å². The van der Waals surface area contributed by atoms with Crippen molar-refractivity contribution in [1.82, 2.24) is 20.0 Å². The molecule has 1 aliphatic carbocycles. The van der Waals surface area contributed by atoms with Crippen LogP contribution in [0.3, 0.4) is 0 Å². The fourth-order valence-electron chi connectivity index (χ4n) is 3.42. The van der Waals surface area contributed by atoms with Crippen molar-refractivity contribution >= 4 is 11.6 Å². The van der Waals surface area contributed by atoms with Gasteiger partial charge in [-0.15, -0.1) is 0 Å². The summed E-state index contributed by atoms with van der Waals surface area (Å²) in [6, 6.07) is 0.280. The number of hydrogen-bond donors (Lipinski definition) is 1. The van der Waals surface area contributed by atoms with Gasteiger partial charge in [0.25, 0.3) is 0 Å². The van der Waals surface area contributed by atoms with E-state index in [0.717, 1.165) is 23.8 Å². The Morgan fingerprint density at radius 3 is 2.65 bits per heavy atom. The van der Waals surface area contributed by atoms with E-state index in [-0.39, 0.29) is 11.5 Å². The van der Waals surface area contributed by atoms with Crippen LogP contribution < -0.4 is 5.32 Å². The molecule has 0 aromatic carbocycles. The predicted octanol–water partition coefficient (Wildman–Crippen LogP) is 2.94. The maximum Gasteiger partial charge on any atom is 0.0834 e. The highest BCUT2D eigenvalue weighted by Crippen LogP contribution is 2.48. The van der Waals surface area contributed by atoms with E-state index in [9.17, 15) is 0 Å².